The van der Waals surface area contributed by atoms with E-state index in [0.29, 0.717) is 12.0 Å². The van der Waals surface area contributed by atoms with E-state index < -0.39 is 0 Å². The molecule has 0 aromatic carbocycles. The molecule has 5 nitrogen and oxygen atoms in total. The predicted molar refractivity (Wildman–Crippen MR) is 69.9 cm³/mol. The van der Waals surface area contributed by atoms with Crippen molar-refractivity contribution in [2.75, 3.05) is 16.9 Å². The van der Waals surface area contributed by atoms with Gasteiger partial charge in [-0.25, -0.2) is 15.8 Å². The molecule has 2 unspecified atom stereocenters. The summed E-state index contributed by atoms with van der Waals surface area (Å²) < 4.78 is 0. The van der Waals surface area contributed by atoms with E-state index in [1.165, 1.54) is 6.42 Å². The van der Waals surface area contributed by atoms with Gasteiger partial charge in [-0.05, 0) is 33.1 Å². The molecule has 0 bridgehead atoms. The van der Waals surface area contributed by atoms with Gasteiger partial charge in [-0.3, -0.25) is 0 Å². The molecular weight excluding hydrogens is 214 g/mol. The van der Waals surface area contributed by atoms with Gasteiger partial charge in [-0.15, -0.1) is 0 Å². The highest BCUT2D eigenvalue weighted by Gasteiger charge is 2.29. The van der Waals surface area contributed by atoms with Gasteiger partial charge in [0.1, 0.15) is 17.5 Å². The van der Waals surface area contributed by atoms with E-state index >= 15 is 0 Å². The van der Waals surface area contributed by atoms with Gasteiger partial charge in [-0.2, -0.15) is 0 Å². The van der Waals surface area contributed by atoms with Crippen molar-refractivity contribution in [1.82, 2.24) is 9.97 Å². The maximum atomic E-state index is 5.49. The Morgan fingerprint density at radius 3 is 2.53 bits per heavy atom. The number of nitrogens with zero attached hydrogens (tertiary/aromatic N) is 3. The van der Waals surface area contributed by atoms with Crippen LogP contribution < -0.4 is 16.2 Å². The van der Waals surface area contributed by atoms with Crippen LogP contribution in [0.5, 0.6) is 0 Å². The molecule has 1 saturated heterocycles. The molecule has 3 N–H and O–H groups in total. The summed E-state index contributed by atoms with van der Waals surface area (Å²) in [7, 11) is 0. The lowest BCUT2D eigenvalue weighted by atomic mass is 10.1. The molecule has 94 valence electrons. The first-order valence-electron chi connectivity index (χ1n) is 6.11. The lowest BCUT2D eigenvalue weighted by Crippen LogP contribution is -2.29. The van der Waals surface area contributed by atoms with Crippen LogP contribution in [0.2, 0.25) is 0 Å². The van der Waals surface area contributed by atoms with Crippen molar-refractivity contribution in [3.8, 4) is 0 Å². The maximum absolute atomic E-state index is 5.49. The number of anilines is 2. The van der Waals surface area contributed by atoms with Crippen LogP contribution in [0, 0.1) is 19.8 Å². The average molecular weight is 235 g/mol. The summed E-state index contributed by atoms with van der Waals surface area (Å²) in [6.45, 7) is 9.49. The summed E-state index contributed by atoms with van der Waals surface area (Å²) in [4.78, 5) is 11.2. The lowest BCUT2D eigenvalue weighted by Gasteiger charge is -2.25. The molecule has 0 spiro atoms. The number of rotatable bonds is 2. The number of aromatic nitrogens is 2. The second-order valence-electron chi connectivity index (χ2n) is 5.05. The largest absolute Gasteiger partial charge is 0.353 e. The number of aryl methyl sites for hydroxylation is 1. The molecule has 0 aliphatic carbocycles. The zero-order valence-corrected chi connectivity index (χ0v) is 11.0. The number of nitrogens with one attached hydrogen (secondary N) is 1. The van der Waals surface area contributed by atoms with Gasteiger partial charge in [0.15, 0.2) is 0 Å². The minimum Gasteiger partial charge on any atom is -0.353 e. The highest BCUT2D eigenvalue weighted by atomic mass is 15.3. The number of hydrogen-bond donors (Lipinski definition) is 2. The van der Waals surface area contributed by atoms with Crippen molar-refractivity contribution >= 4 is 11.6 Å². The molecule has 1 aromatic rings. The normalized spacial score (nSPS) is 24.2. The first kappa shape index (κ1) is 12.1. The third-order valence-electron chi connectivity index (χ3n) is 3.42. The Hall–Kier alpha value is -1.36. The third-order valence-corrected chi connectivity index (χ3v) is 3.42. The van der Waals surface area contributed by atoms with Gasteiger partial charge < -0.3 is 10.3 Å². The van der Waals surface area contributed by atoms with E-state index in [4.69, 9.17) is 5.84 Å². The van der Waals surface area contributed by atoms with Gasteiger partial charge in [0.05, 0.1) is 0 Å². The molecule has 2 rings (SSSR count). The Balaban J connectivity index is 2.41. The van der Waals surface area contributed by atoms with Crippen LogP contribution in [-0.2, 0) is 0 Å². The van der Waals surface area contributed by atoms with Crippen LogP contribution in [0.1, 0.15) is 31.7 Å². The Labute approximate surface area is 102 Å². The molecule has 1 fully saturated rings. The van der Waals surface area contributed by atoms with E-state index in [9.17, 15) is 0 Å². The van der Waals surface area contributed by atoms with Crippen LogP contribution >= 0.6 is 0 Å². The minimum absolute atomic E-state index is 0.531. The Morgan fingerprint density at radius 2 is 2.00 bits per heavy atom. The molecule has 17 heavy (non-hydrogen) atoms. The standard InChI is InChI=1S/C12H21N5/c1-7-5-8(2)17(6-7)12-9(3)11(16-13)14-10(4)15-12/h7-8H,5-6,13H2,1-4H3,(H,14,15,16). The number of nitrogens with two attached hydrogens (primary N) is 1. The van der Waals surface area contributed by atoms with Crippen molar-refractivity contribution in [3.63, 3.8) is 0 Å². The monoisotopic (exact) mass is 235 g/mol. The smallest absolute Gasteiger partial charge is 0.148 e. The van der Waals surface area contributed by atoms with E-state index in [1.807, 2.05) is 13.8 Å². The number of hydrazine groups is 1. The summed E-state index contributed by atoms with van der Waals surface area (Å²) in [6, 6.07) is 0.531. The third kappa shape index (κ3) is 2.20. The topological polar surface area (TPSA) is 67.1 Å². The van der Waals surface area contributed by atoms with Crippen molar-refractivity contribution < 1.29 is 0 Å². The van der Waals surface area contributed by atoms with Crippen LogP contribution in [-0.4, -0.2) is 22.6 Å². The fraction of sp³-hybridized carbons (Fsp3) is 0.667. The Morgan fingerprint density at radius 1 is 1.29 bits per heavy atom. The molecule has 1 aliphatic rings. The second-order valence-corrected chi connectivity index (χ2v) is 5.05. The highest BCUT2D eigenvalue weighted by Crippen LogP contribution is 2.31. The molecule has 1 aliphatic heterocycles. The van der Waals surface area contributed by atoms with E-state index in [2.05, 4.69) is 34.1 Å². The van der Waals surface area contributed by atoms with Gasteiger partial charge in [-0.1, -0.05) is 6.92 Å². The van der Waals surface area contributed by atoms with Crippen LogP contribution in [0.3, 0.4) is 0 Å². The van der Waals surface area contributed by atoms with Crippen molar-refractivity contribution in [2.45, 2.75) is 40.2 Å². The number of nitrogen functional groups attached to an aromatic ring is 1. The fourth-order valence-electron chi connectivity index (χ4n) is 2.63. The van der Waals surface area contributed by atoms with Crippen molar-refractivity contribution in [1.29, 1.82) is 0 Å². The van der Waals surface area contributed by atoms with E-state index in [-0.39, 0.29) is 0 Å². The molecule has 2 heterocycles. The first-order valence-corrected chi connectivity index (χ1v) is 6.11. The van der Waals surface area contributed by atoms with E-state index in [0.717, 1.165) is 29.6 Å². The van der Waals surface area contributed by atoms with Crippen LogP contribution in [0.4, 0.5) is 11.6 Å². The SMILES string of the molecule is Cc1nc(NN)c(C)c(N2CC(C)CC2C)n1. The molecule has 0 radical (unpaired) electrons. The fourth-order valence-corrected chi connectivity index (χ4v) is 2.63. The minimum atomic E-state index is 0.531. The molecular formula is C12H21N5. The van der Waals surface area contributed by atoms with Crippen molar-refractivity contribution in [2.24, 2.45) is 11.8 Å². The van der Waals surface area contributed by atoms with Gasteiger partial charge in [0.2, 0.25) is 0 Å². The summed E-state index contributed by atoms with van der Waals surface area (Å²) >= 11 is 0. The van der Waals surface area contributed by atoms with Gasteiger partial charge >= 0.3 is 0 Å². The molecule has 2 atom stereocenters. The highest BCUT2D eigenvalue weighted by molar-refractivity contribution is 5.59. The molecule has 1 aromatic heterocycles. The zero-order valence-electron chi connectivity index (χ0n) is 11.0. The van der Waals surface area contributed by atoms with E-state index in [1.54, 1.807) is 0 Å². The zero-order chi connectivity index (χ0) is 12.6. The maximum Gasteiger partial charge on any atom is 0.148 e. The quantitative estimate of drug-likeness (QED) is 0.602. The van der Waals surface area contributed by atoms with Crippen LogP contribution in [0.15, 0.2) is 0 Å². The Kier molecular flexibility index (Phi) is 3.19. The van der Waals surface area contributed by atoms with Gasteiger partial charge in [0, 0.05) is 18.2 Å². The number of hydrogen-bond acceptors (Lipinski definition) is 5. The average Bonchev–Trinajstić information content (AvgIpc) is 2.60. The summed E-state index contributed by atoms with van der Waals surface area (Å²) in [6.07, 6.45) is 1.22. The molecule has 5 heteroatoms. The Bertz CT molecular complexity index is 418. The molecule has 0 amide bonds. The second kappa shape index (κ2) is 4.49. The predicted octanol–water partition coefficient (Wildman–Crippen LogP) is 1.61. The summed E-state index contributed by atoms with van der Waals surface area (Å²) in [5.41, 5.74) is 3.68. The summed E-state index contributed by atoms with van der Waals surface area (Å²) in [5, 5.41) is 0. The van der Waals surface area contributed by atoms with Crippen molar-refractivity contribution in [3.05, 3.63) is 11.4 Å². The van der Waals surface area contributed by atoms with Crippen LogP contribution in [0.25, 0.3) is 0 Å². The lowest BCUT2D eigenvalue weighted by molar-refractivity contribution is 0.625. The summed E-state index contributed by atoms with van der Waals surface area (Å²) in [5.74, 6) is 8.70. The first-order chi connectivity index (χ1) is 8.02. The molecule has 0 saturated carbocycles. The van der Waals surface area contributed by atoms with Gasteiger partial charge in [0.25, 0.3) is 0 Å².